The summed E-state index contributed by atoms with van der Waals surface area (Å²) in [6, 6.07) is 0. The van der Waals surface area contributed by atoms with Crippen LogP contribution in [-0.4, -0.2) is 18.9 Å². The molecule has 0 amide bonds. The Hall–Kier alpha value is -1.12. The predicted octanol–water partition coefficient (Wildman–Crippen LogP) is 1.19. The summed E-state index contributed by atoms with van der Waals surface area (Å²) in [7, 11) is 1.37. The lowest BCUT2D eigenvalue weighted by molar-refractivity contribution is -0.150. The highest BCUT2D eigenvalue weighted by Gasteiger charge is 2.57. The van der Waals surface area contributed by atoms with Crippen LogP contribution in [0.3, 0.4) is 0 Å². The van der Waals surface area contributed by atoms with Gasteiger partial charge in [-0.25, -0.2) is 0 Å². The van der Waals surface area contributed by atoms with Gasteiger partial charge in [-0.1, -0.05) is 12.2 Å². The normalized spacial score (nSPS) is 45.9. The summed E-state index contributed by atoms with van der Waals surface area (Å²) in [5.74, 6) is 0.925. The van der Waals surface area contributed by atoms with E-state index in [2.05, 4.69) is 12.2 Å². The first-order chi connectivity index (χ1) is 7.22. The van der Waals surface area contributed by atoms with Crippen molar-refractivity contribution >= 4 is 11.8 Å². The Balaban J connectivity index is 1.93. The molecule has 0 spiro atoms. The SMILES string of the molecule is COC(=O)C1C(=O)CC2C3C=CC(C3)C12. The van der Waals surface area contributed by atoms with Crippen LogP contribution < -0.4 is 0 Å². The number of carbonyl (C=O) groups is 2. The second-order valence-corrected chi connectivity index (χ2v) is 4.86. The Bertz CT molecular complexity index is 358. The third-order valence-corrected chi connectivity index (χ3v) is 4.31. The van der Waals surface area contributed by atoms with Crippen LogP contribution in [0, 0.1) is 29.6 Å². The van der Waals surface area contributed by atoms with Crippen molar-refractivity contribution in [2.24, 2.45) is 29.6 Å². The molecule has 3 aliphatic carbocycles. The summed E-state index contributed by atoms with van der Waals surface area (Å²) in [4.78, 5) is 23.4. The zero-order valence-corrected chi connectivity index (χ0v) is 8.68. The second-order valence-electron chi connectivity index (χ2n) is 4.86. The van der Waals surface area contributed by atoms with Crippen LogP contribution in [0.1, 0.15) is 12.8 Å². The fraction of sp³-hybridized carbons (Fsp3) is 0.667. The van der Waals surface area contributed by atoms with Crippen LogP contribution in [0.2, 0.25) is 0 Å². The highest BCUT2D eigenvalue weighted by molar-refractivity contribution is 6.01. The van der Waals surface area contributed by atoms with Gasteiger partial charge in [0.1, 0.15) is 11.7 Å². The van der Waals surface area contributed by atoms with Gasteiger partial charge in [-0.2, -0.15) is 0 Å². The van der Waals surface area contributed by atoms with Crippen molar-refractivity contribution in [2.75, 3.05) is 7.11 Å². The number of rotatable bonds is 1. The van der Waals surface area contributed by atoms with Crippen molar-refractivity contribution in [1.29, 1.82) is 0 Å². The number of fused-ring (bicyclic) bond motifs is 5. The lowest BCUT2D eigenvalue weighted by Gasteiger charge is -2.22. The van der Waals surface area contributed by atoms with Crippen LogP contribution in [0.4, 0.5) is 0 Å². The molecule has 0 aliphatic heterocycles. The molecule has 0 saturated heterocycles. The molecule has 3 aliphatic rings. The number of carbonyl (C=O) groups excluding carboxylic acids is 2. The Morgan fingerprint density at radius 2 is 2.13 bits per heavy atom. The Labute approximate surface area is 88.5 Å². The smallest absolute Gasteiger partial charge is 0.316 e. The van der Waals surface area contributed by atoms with E-state index in [9.17, 15) is 9.59 Å². The maximum atomic E-state index is 11.8. The highest BCUT2D eigenvalue weighted by Crippen LogP contribution is 2.56. The molecule has 2 bridgehead atoms. The Morgan fingerprint density at radius 3 is 2.87 bits per heavy atom. The molecule has 0 aromatic carbocycles. The molecule has 2 fully saturated rings. The van der Waals surface area contributed by atoms with Gasteiger partial charge < -0.3 is 4.74 Å². The highest BCUT2D eigenvalue weighted by atomic mass is 16.5. The van der Waals surface area contributed by atoms with Crippen LogP contribution in [0.25, 0.3) is 0 Å². The first-order valence-electron chi connectivity index (χ1n) is 5.51. The van der Waals surface area contributed by atoms with E-state index >= 15 is 0 Å². The third kappa shape index (κ3) is 1.06. The maximum absolute atomic E-state index is 11.8. The fourth-order valence-electron chi connectivity index (χ4n) is 3.73. The molecule has 0 aromatic rings. The number of methoxy groups -OCH3 is 1. The molecular formula is C12H14O3. The van der Waals surface area contributed by atoms with Gasteiger partial charge in [0.05, 0.1) is 7.11 Å². The summed E-state index contributed by atoms with van der Waals surface area (Å²) < 4.78 is 4.74. The number of ether oxygens (including phenoxy) is 1. The average molecular weight is 206 g/mol. The largest absolute Gasteiger partial charge is 0.468 e. The molecule has 0 aromatic heterocycles. The van der Waals surface area contributed by atoms with Crippen molar-refractivity contribution in [3.63, 3.8) is 0 Å². The van der Waals surface area contributed by atoms with E-state index in [0.717, 1.165) is 6.42 Å². The van der Waals surface area contributed by atoms with E-state index in [-0.39, 0.29) is 17.7 Å². The first-order valence-corrected chi connectivity index (χ1v) is 5.51. The van der Waals surface area contributed by atoms with Crippen LogP contribution in [0.5, 0.6) is 0 Å². The van der Waals surface area contributed by atoms with Gasteiger partial charge in [0, 0.05) is 6.42 Å². The van der Waals surface area contributed by atoms with E-state index in [1.807, 2.05) is 0 Å². The lowest BCUT2D eigenvalue weighted by atomic mass is 9.81. The summed E-state index contributed by atoms with van der Waals surface area (Å²) >= 11 is 0. The van der Waals surface area contributed by atoms with Crippen molar-refractivity contribution in [3.8, 4) is 0 Å². The Morgan fingerprint density at radius 1 is 1.40 bits per heavy atom. The summed E-state index contributed by atoms with van der Waals surface area (Å²) in [6.45, 7) is 0. The summed E-state index contributed by atoms with van der Waals surface area (Å²) in [5.41, 5.74) is 0. The third-order valence-electron chi connectivity index (χ3n) is 4.31. The number of esters is 1. The van der Waals surface area contributed by atoms with Crippen molar-refractivity contribution in [2.45, 2.75) is 12.8 Å². The molecule has 3 nitrogen and oxygen atoms in total. The van der Waals surface area contributed by atoms with Crippen LogP contribution in [0.15, 0.2) is 12.2 Å². The van der Waals surface area contributed by atoms with Crippen LogP contribution in [-0.2, 0) is 14.3 Å². The van der Waals surface area contributed by atoms with Gasteiger partial charge in [-0.3, -0.25) is 9.59 Å². The van der Waals surface area contributed by atoms with Crippen molar-refractivity contribution in [3.05, 3.63) is 12.2 Å². The topological polar surface area (TPSA) is 43.4 Å². The summed E-state index contributed by atoms with van der Waals surface area (Å²) in [6.07, 6.45) is 6.12. The van der Waals surface area contributed by atoms with Crippen molar-refractivity contribution in [1.82, 2.24) is 0 Å². The minimum absolute atomic E-state index is 0.0928. The molecule has 5 unspecified atom stereocenters. The quantitative estimate of drug-likeness (QED) is 0.367. The number of hydrogen-bond acceptors (Lipinski definition) is 3. The second kappa shape index (κ2) is 2.94. The molecule has 15 heavy (non-hydrogen) atoms. The van der Waals surface area contributed by atoms with Gasteiger partial charge in [0.2, 0.25) is 0 Å². The number of ketones is 1. The standard InChI is InChI=1S/C12H14O3/c1-15-12(14)11-9(13)5-8-6-2-3-7(4-6)10(8)11/h2-3,6-8,10-11H,4-5H2,1H3. The number of Topliss-reactive ketones (excluding diaryl/α,β-unsaturated/α-hetero) is 1. The van der Waals surface area contributed by atoms with E-state index in [1.54, 1.807) is 0 Å². The zero-order valence-electron chi connectivity index (χ0n) is 8.68. The molecule has 3 heteroatoms. The molecule has 0 heterocycles. The lowest BCUT2D eigenvalue weighted by Crippen LogP contribution is -2.29. The molecule has 5 atom stereocenters. The monoisotopic (exact) mass is 206 g/mol. The van der Waals surface area contributed by atoms with E-state index < -0.39 is 5.92 Å². The zero-order chi connectivity index (χ0) is 10.6. The minimum atomic E-state index is -0.472. The average Bonchev–Trinajstić information content (AvgIpc) is 2.86. The molecule has 0 radical (unpaired) electrons. The minimum Gasteiger partial charge on any atom is -0.468 e. The molecule has 3 rings (SSSR count). The van der Waals surface area contributed by atoms with Gasteiger partial charge >= 0.3 is 5.97 Å². The van der Waals surface area contributed by atoms with E-state index in [1.165, 1.54) is 7.11 Å². The van der Waals surface area contributed by atoms with Gasteiger partial charge in [-0.05, 0) is 30.1 Å². The number of hydrogen-bond donors (Lipinski definition) is 0. The van der Waals surface area contributed by atoms with Crippen LogP contribution >= 0.6 is 0 Å². The first kappa shape index (κ1) is 9.13. The molecule has 80 valence electrons. The number of allylic oxidation sites excluding steroid dienone is 2. The summed E-state index contributed by atoms with van der Waals surface area (Å²) in [5, 5.41) is 0. The molecular weight excluding hydrogens is 192 g/mol. The maximum Gasteiger partial charge on any atom is 0.316 e. The van der Waals surface area contributed by atoms with Crippen molar-refractivity contribution < 1.29 is 14.3 Å². The van der Waals surface area contributed by atoms with E-state index in [0.29, 0.717) is 24.2 Å². The molecule has 0 N–H and O–H groups in total. The fourth-order valence-corrected chi connectivity index (χ4v) is 3.73. The van der Waals surface area contributed by atoms with Gasteiger partial charge in [-0.15, -0.1) is 0 Å². The predicted molar refractivity (Wildman–Crippen MR) is 52.8 cm³/mol. The van der Waals surface area contributed by atoms with Gasteiger partial charge in [0.25, 0.3) is 0 Å². The molecule has 2 saturated carbocycles. The Kier molecular flexibility index (Phi) is 1.79. The van der Waals surface area contributed by atoms with Gasteiger partial charge in [0.15, 0.2) is 0 Å². The van der Waals surface area contributed by atoms with E-state index in [4.69, 9.17) is 4.74 Å².